The van der Waals surface area contributed by atoms with Crippen LogP contribution >= 0.6 is 0 Å². The maximum absolute atomic E-state index is 13.1. The highest BCUT2D eigenvalue weighted by Crippen LogP contribution is 2.28. The number of carbonyl (C=O) groups is 1. The summed E-state index contributed by atoms with van der Waals surface area (Å²) in [5.74, 6) is -0.753. The summed E-state index contributed by atoms with van der Waals surface area (Å²) in [4.78, 5) is 25.9. The molecule has 29 heavy (non-hydrogen) atoms. The van der Waals surface area contributed by atoms with Gasteiger partial charge in [0, 0.05) is 16.8 Å². The number of nitrogens with zero attached hydrogens (tertiary/aromatic N) is 2. The fourth-order valence-electron chi connectivity index (χ4n) is 3.74. The summed E-state index contributed by atoms with van der Waals surface area (Å²) >= 11 is 0. The molecule has 1 aliphatic rings. The molecule has 0 bridgehead atoms. The molecule has 0 saturated carbocycles. The number of halogens is 1. The zero-order valence-electron chi connectivity index (χ0n) is 16.2. The van der Waals surface area contributed by atoms with Gasteiger partial charge in [-0.2, -0.15) is 5.10 Å². The van der Waals surface area contributed by atoms with Crippen molar-refractivity contribution in [3.63, 3.8) is 0 Å². The summed E-state index contributed by atoms with van der Waals surface area (Å²) in [7, 11) is 0. The number of hydrogen-bond donors (Lipinski definition) is 1. The van der Waals surface area contributed by atoms with Gasteiger partial charge >= 0.3 is 0 Å². The number of fused-ring (bicyclic) bond motifs is 1. The molecule has 1 atom stereocenters. The van der Waals surface area contributed by atoms with Crippen LogP contribution in [0.15, 0.2) is 59.4 Å². The minimum atomic E-state index is -0.803. The minimum absolute atomic E-state index is 0.207. The minimum Gasteiger partial charge on any atom is -0.324 e. The number of carbonyl (C=O) groups excluding carboxylic acids is 1. The summed E-state index contributed by atoms with van der Waals surface area (Å²) in [5.41, 5.74) is 3.71. The Morgan fingerprint density at radius 3 is 2.38 bits per heavy atom. The van der Waals surface area contributed by atoms with E-state index >= 15 is 0 Å². The molecular weight excluding hydrogens is 369 g/mol. The van der Waals surface area contributed by atoms with E-state index < -0.39 is 6.04 Å². The Morgan fingerprint density at radius 1 is 1.03 bits per heavy atom. The molecule has 4 rings (SSSR count). The van der Waals surface area contributed by atoms with E-state index in [0.29, 0.717) is 12.1 Å². The molecule has 0 spiro atoms. The van der Waals surface area contributed by atoms with E-state index in [1.54, 1.807) is 6.92 Å². The molecule has 1 amide bonds. The molecule has 0 unspecified atom stereocenters. The second-order valence-corrected chi connectivity index (χ2v) is 7.30. The van der Waals surface area contributed by atoms with Crippen molar-refractivity contribution in [2.75, 3.05) is 5.32 Å². The molecule has 1 aromatic heterocycles. The topological polar surface area (TPSA) is 64.0 Å². The van der Waals surface area contributed by atoms with Gasteiger partial charge in [-0.05, 0) is 62.4 Å². The molecule has 1 N–H and O–H groups in total. The lowest BCUT2D eigenvalue weighted by molar-refractivity contribution is -0.119. The SMILES string of the molecule is C[C@H](C(=O)Nc1ccc(F)cc1)n1nc(-c2ccccc2)c2c(c1=O)CCCC2. The molecule has 2 aromatic carbocycles. The molecule has 5 nitrogen and oxygen atoms in total. The summed E-state index contributed by atoms with van der Waals surface area (Å²) in [6, 6.07) is 14.5. The van der Waals surface area contributed by atoms with E-state index in [1.165, 1.54) is 28.9 Å². The molecule has 1 heterocycles. The molecule has 148 valence electrons. The second-order valence-electron chi connectivity index (χ2n) is 7.30. The normalized spacial score (nSPS) is 14.1. The summed E-state index contributed by atoms with van der Waals surface area (Å²) in [6.07, 6.45) is 3.50. The van der Waals surface area contributed by atoms with Crippen LogP contribution in [-0.4, -0.2) is 15.7 Å². The van der Waals surface area contributed by atoms with E-state index in [2.05, 4.69) is 10.4 Å². The molecular formula is C23H22FN3O2. The van der Waals surface area contributed by atoms with Crippen LogP contribution in [0.1, 0.15) is 36.9 Å². The lowest BCUT2D eigenvalue weighted by atomic mass is 9.89. The van der Waals surface area contributed by atoms with Gasteiger partial charge in [-0.15, -0.1) is 0 Å². The fourth-order valence-corrected chi connectivity index (χ4v) is 3.74. The number of benzene rings is 2. The van der Waals surface area contributed by atoms with Crippen molar-refractivity contribution < 1.29 is 9.18 Å². The van der Waals surface area contributed by atoms with Crippen molar-refractivity contribution >= 4 is 11.6 Å². The van der Waals surface area contributed by atoms with Gasteiger partial charge in [0.15, 0.2) is 0 Å². The highest BCUT2D eigenvalue weighted by Gasteiger charge is 2.25. The maximum Gasteiger partial charge on any atom is 0.271 e. The Bertz CT molecular complexity index is 1090. The van der Waals surface area contributed by atoms with Gasteiger partial charge in [0.1, 0.15) is 11.9 Å². The van der Waals surface area contributed by atoms with E-state index in [9.17, 15) is 14.0 Å². The van der Waals surface area contributed by atoms with Crippen molar-refractivity contribution in [2.24, 2.45) is 0 Å². The molecule has 0 fully saturated rings. The molecule has 3 aromatic rings. The number of nitrogens with one attached hydrogen (secondary N) is 1. The monoisotopic (exact) mass is 391 g/mol. The van der Waals surface area contributed by atoms with Crippen molar-refractivity contribution in [3.05, 3.63) is 81.9 Å². The summed E-state index contributed by atoms with van der Waals surface area (Å²) in [5, 5.41) is 7.34. The zero-order chi connectivity index (χ0) is 20.4. The van der Waals surface area contributed by atoms with E-state index in [0.717, 1.165) is 41.6 Å². The predicted octanol–water partition coefficient (Wildman–Crippen LogP) is 4.13. The third kappa shape index (κ3) is 3.83. The van der Waals surface area contributed by atoms with Gasteiger partial charge in [0.2, 0.25) is 5.91 Å². The first-order valence-electron chi connectivity index (χ1n) is 9.81. The lowest BCUT2D eigenvalue weighted by Crippen LogP contribution is -2.37. The number of aromatic nitrogens is 2. The van der Waals surface area contributed by atoms with Gasteiger partial charge in [0.05, 0.1) is 5.69 Å². The Labute approximate surface area is 168 Å². The van der Waals surface area contributed by atoms with Gasteiger partial charge < -0.3 is 5.32 Å². The lowest BCUT2D eigenvalue weighted by Gasteiger charge is -2.22. The summed E-state index contributed by atoms with van der Waals surface area (Å²) < 4.78 is 14.4. The van der Waals surface area contributed by atoms with Gasteiger partial charge in [-0.3, -0.25) is 9.59 Å². The maximum atomic E-state index is 13.1. The van der Waals surface area contributed by atoms with Crippen molar-refractivity contribution in [3.8, 4) is 11.3 Å². The highest BCUT2D eigenvalue weighted by molar-refractivity contribution is 5.93. The number of hydrogen-bond acceptors (Lipinski definition) is 3. The average Bonchev–Trinajstić information content (AvgIpc) is 2.76. The van der Waals surface area contributed by atoms with Gasteiger partial charge in [-0.25, -0.2) is 9.07 Å². The smallest absolute Gasteiger partial charge is 0.271 e. The van der Waals surface area contributed by atoms with Crippen LogP contribution in [0, 0.1) is 5.82 Å². The van der Waals surface area contributed by atoms with E-state index in [-0.39, 0.29) is 17.3 Å². The van der Waals surface area contributed by atoms with Crippen LogP contribution in [-0.2, 0) is 17.6 Å². The van der Waals surface area contributed by atoms with Crippen LogP contribution in [0.3, 0.4) is 0 Å². The van der Waals surface area contributed by atoms with Gasteiger partial charge in [-0.1, -0.05) is 30.3 Å². The molecule has 0 aliphatic heterocycles. The van der Waals surface area contributed by atoms with Crippen molar-refractivity contribution in [2.45, 2.75) is 38.6 Å². The van der Waals surface area contributed by atoms with E-state index in [4.69, 9.17) is 0 Å². The zero-order valence-corrected chi connectivity index (χ0v) is 16.2. The first kappa shape index (κ1) is 19.1. The number of rotatable bonds is 4. The van der Waals surface area contributed by atoms with Gasteiger partial charge in [0.25, 0.3) is 5.56 Å². The van der Waals surface area contributed by atoms with Crippen LogP contribution in [0.2, 0.25) is 0 Å². The predicted molar refractivity (Wildman–Crippen MR) is 110 cm³/mol. The van der Waals surface area contributed by atoms with E-state index in [1.807, 2.05) is 30.3 Å². The Hall–Kier alpha value is -3.28. The van der Waals surface area contributed by atoms with Crippen molar-refractivity contribution in [1.82, 2.24) is 9.78 Å². The first-order valence-corrected chi connectivity index (χ1v) is 9.81. The largest absolute Gasteiger partial charge is 0.324 e. The van der Waals surface area contributed by atoms with Crippen LogP contribution in [0.5, 0.6) is 0 Å². The summed E-state index contributed by atoms with van der Waals surface area (Å²) in [6.45, 7) is 1.65. The van der Waals surface area contributed by atoms with Crippen molar-refractivity contribution in [1.29, 1.82) is 0 Å². The van der Waals surface area contributed by atoms with Crippen LogP contribution in [0.25, 0.3) is 11.3 Å². The first-order chi connectivity index (χ1) is 14.0. The number of amides is 1. The number of anilines is 1. The molecule has 6 heteroatoms. The molecule has 0 saturated heterocycles. The Balaban J connectivity index is 1.73. The highest BCUT2D eigenvalue weighted by atomic mass is 19.1. The van der Waals surface area contributed by atoms with Crippen LogP contribution < -0.4 is 10.9 Å². The third-order valence-electron chi connectivity index (χ3n) is 5.33. The Kier molecular flexibility index (Phi) is 5.25. The quantitative estimate of drug-likeness (QED) is 0.727. The average molecular weight is 391 g/mol. The standard InChI is InChI=1S/C23H22FN3O2/c1-15(22(28)25-18-13-11-17(24)12-14-18)27-23(29)20-10-6-5-9-19(20)21(26-27)16-7-3-2-4-8-16/h2-4,7-8,11-15H,5-6,9-10H2,1H3,(H,25,28)/t15-/m1/s1. The Morgan fingerprint density at radius 2 is 1.69 bits per heavy atom. The fraction of sp³-hybridized carbons (Fsp3) is 0.261. The second kappa shape index (κ2) is 7.99. The van der Waals surface area contributed by atoms with Crippen LogP contribution in [0.4, 0.5) is 10.1 Å². The molecule has 0 radical (unpaired) electrons. The molecule has 1 aliphatic carbocycles. The third-order valence-corrected chi connectivity index (χ3v) is 5.33.